The minimum atomic E-state index is -0.166. The number of rotatable bonds is 5. The number of amides is 1. The van der Waals surface area contributed by atoms with Gasteiger partial charge in [-0.2, -0.15) is 5.10 Å². The van der Waals surface area contributed by atoms with E-state index in [0.717, 1.165) is 18.5 Å². The highest BCUT2D eigenvalue weighted by molar-refractivity contribution is 5.81. The van der Waals surface area contributed by atoms with Crippen LogP contribution < -0.4 is 10.6 Å². The summed E-state index contributed by atoms with van der Waals surface area (Å²) >= 11 is 0. The molecule has 1 heterocycles. The van der Waals surface area contributed by atoms with E-state index in [2.05, 4.69) is 15.7 Å². The van der Waals surface area contributed by atoms with E-state index in [1.54, 1.807) is 6.20 Å². The van der Waals surface area contributed by atoms with Crippen LogP contribution in [0.3, 0.4) is 0 Å². The Hall–Kier alpha value is -1.36. The average molecular weight is 250 g/mol. The summed E-state index contributed by atoms with van der Waals surface area (Å²) in [6, 6.07) is 2.17. The monoisotopic (exact) mass is 250 g/mol. The summed E-state index contributed by atoms with van der Waals surface area (Å²) in [5, 5.41) is 10.4. The Balaban J connectivity index is 1.75. The van der Waals surface area contributed by atoms with Crippen LogP contribution in [0.5, 0.6) is 0 Å². The van der Waals surface area contributed by atoms with Crippen LogP contribution in [0.15, 0.2) is 12.3 Å². The molecule has 0 saturated heterocycles. The van der Waals surface area contributed by atoms with Crippen LogP contribution in [-0.4, -0.2) is 27.8 Å². The van der Waals surface area contributed by atoms with Gasteiger partial charge in [-0.15, -0.1) is 0 Å². The molecule has 1 aromatic heterocycles. The number of aromatic nitrogens is 2. The van der Waals surface area contributed by atoms with Gasteiger partial charge in [-0.05, 0) is 25.8 Å². The third-order valence-corrected chi connectivity index (χ3v) is 3.61. The van der Waals surface area contributed by atoms with E-state index in [1.807, 2.05) is 24.7 Å². The summed E-state index contributed by atoms with van der Waals surface area (Å²) in [6.07, 6.45) is 6.49. The average Bonchev–Trinajstić information content (AvgIpc) is 2.98. The first kappa shape index (κ1) is 13.1. The third kappa shape index (κ3) is 3.32. The Morgan fingerprint density at radius 1 is 1.56 bits per heavy atom. The zero-order valence-corrected chi connectivity index (χ0v) is 11.1. The molecule has 1 fully saturated rings. The first-order chi connectivity index (χ1) is 8.66. The molecule has 18 heavy (non-hydrogen) atoms. The van der Waals surface area contributed by atoms with E-state index in [-0.39, 0.29) is 11.9 Å². The minimum Gasteiger partial charge on any atom is -0.352 e. The summed E-state index contributed by atoms with van der Waals surface area (Å²) in [5.74, 6) is 0.101. The van der Waals surface area contributed by atoms with Gasteiger partial charge in [0.15, 0.2) is 0 Å². The number of hydrogen-bond donors (Lipinski definition) is 2. The number of carbonyl (C=O) groups excluding carboxylic acids is 1. The second-order valence-electron chi connectivity index (χ2n) is 5.04. The van der Waals surface area contributed by atoms with Crippen LogP contribution in [0, 0.1) is 0 Å². The summed E-state index contributed by atoms with van der Waals surface area (Å²) in [7, 11) is 1.90. The largest absolute Gasteiger partial charge is 0.352 e. The van der Waals surface area contributed by atoms with E-state index < -0.39 is 0 Å². The zero-order chi connectivity index (χ0) is 13.0. The molecule has 0 radical (unpaired) electrons. The van der Waals surface area contributed by atoms with Gasteiger partial charge in [-0.25, -0.2) is 0 Å². The molecule has 0 aliphatic heterocycles. The normalized spacial score (nSPS) is 17.9. The Morgan fingerprint density at radius 2 is 2.28 bits per heavy atom. The number of carbonyl (C=O) groups is 1. The lowest BCUT2D eigenvalue weighted by Crippen LogP contribution is -2.45. The molecule has 100 valence electrons. The van der Waals surface area contributed by atoms with Crippen LogP contribution in [0.4, 0.5) is 0 Å². The van der Waals surface area contributed by atoms with Gasteiger partial charge < -0.3 is 10.6 Å². The topological polar surface area (TPSA) is 59.0 Å². The van der Waals surface area contributed by atoms with Crippen molar-refractivity contribution in [3.8, 4) is 0 Å². The fraction of sp³-hybridized carbons (Fsp3) is 0.692. The summed E-state index contributed by atoms with van der Waals surface area (Å²) in [4.78, 5) is 11.9. The van der Waals surface area contributed by atoms with Crippen LogP contribution in [0.25, 0.3) is 0 Å². The van der Waals surface area contributed by atoms with E-state index in [4.69, 9.17) is 0 Å². The van der Waals surface area contributed by atoms with Crippen LogP contribution >= 0.6 is 0 Å². The molecule has 1 amide bonds. The predicted octanol–water partition coefficient (Wildman–Crippen LogP) is 0.957. The number of nitrogens with zero attached hydrogens (tertiary/aromatic N) is 2. The molecular weight excluding hydrogens is 228 g/mol. The van der Waals surface area contributed by atoms with E-state index in [0.29, 0.717) is 12.6 Å². The van der Waals surface area contributed by atoms with E-state index in [9.17, 15) is 4.79 Å². The van der Waals surface area contributed by atoms with Crippen LogP contribution in [0.2, 0.25) is 0 Å². The van der Waals surface area contributed by atoms with Crippen molar-refractivity contribution in [2.45, 2.75) is 51.2 Å². The molecule has 1 atom stereocenters. The summed E-state index contributed by atoms with van der Waals surface area (Å²) in [5.41, 5.74) is 1.08. The van der Waals surface area contributed by atoms with E-state index in [1.165, 1.54) is 12.8 Å². The highest BCUT2D eigenvalue weighted by atomic mass is 16.2. The van der Waals surface area contributed by atoms with Crippen molar-refractivity contribution in [3.05, 3.63) is 18.0 Å². The summed E-state index contributed by atoms with van der Waals surface area (Å²) < 4.78 is 1.81. The molecule has 1 unspecified atom stereocenters. The van der Waals surface area contributed by atoms with Crippen molar-refractivity contribution in [1.29, 1.82) is 0 Å². The highest BCUT2D eigenvalue weighted by Crippen LogP contribution is 2.17. The number of aryl methyl sites for hydroxylation is 1. The molecule has 5 nitrogen and oxygen atoms in total. The molecule has 2 rings (SSSR count). The van der Waals surface area contributed by atoms with Crippen molar-refractivity contribution in [2.24, 2.45) is 7.05 Å². The Labute approximate surface area is 108 Å². The quantitative estimate of drug-likeness (QED) is 0.818. The van der Waals surface area contributed by atoms with Gasteiger partial charge in [0.05, 0.1) is 11.7 Å². The second kappa shape index (κ2) is 6.00. The predicted molar refractivity (Wildman–Crippen MR) is 69.9 cm³/mol. The molecule has 0 aromatic carbocycles. The molecule has 5 heteroatoms. The maximum Gasteiger partial charge on any atom is 0.237 e. The lowest BCUT2D eigenvalue weighted by molar-refractivity contribution is -0.123. The maximum absolute atomic E-state index is 11.9. The van der Waals surface area contributed by atoms with Crippen LogP contribution in [-0.2, 0) is 18.4 Å². The van der Waals surface area contributed by atoms with Gasteiger partial charge in [-0.3, -0.25) is 9.48 Å². The molecule has 1 aliphatic carbocycles. The number of hydrogen-bond acceptors (Lipinski definition) is 3. The first-order valence-electron chi connectivity index (χ1n) is 6.67. The molecule has 0 spiro atoms. The van der Waals surface area contributed by atoms with Gasteiger partial charge in [0.2, 0.25) is 5.91 Å². The molecule has 2 N–H and O–H groups in total. The standard InChI is InChI=1S/C13H22N4O/c1-10(13(18)16-11-5-3-4-6-11)14-9-12-7-8-15-17(12)2/h7-8,10-11,14H,3-6,9H2,1-2H3,(H,16,18). The van der Waals surface area contributed by atoms with Crippen molar-refractivity contribution >= 4 is 5.91 Å². The van der Waals surface area contributed by atoms with Gasteiger partial charge in [-0.1, -0.05) is 12.8 Å². The lowest BCUT2D eigenvalue weighted by atomic mass is 10.2. The van der Waals surface area contributed by atoms with Gasteiger partial charge in [0, 0.05) is 25.8 Å². The molecule has 0 bridgehead atoms. The van der Waals surface area contributed by atoms with Crippen molar-refractivity contribution in [1.82, 2.24) is 20.4 Å². The van der Waals surface area contributed by atoms with Gasteiger partial charge in [0.1, 0.15) is 0 Å². The number of nitrogens with one attached hydrogen (secondary N) is 2. The Bertz CT molecular complexity index is 395. The van der Waals surface area contributed by atoms with Crippen molar-refractivity contribution in [2.75, 3.05) is 0 Å². The maximum atomic E-state index is 11.9. The van der Waals surface area contributed by atoms with Crippen molar-refractivity contribution < 1.29 is 4.79 Å². The van der Waals surface area contributed by atoms with E-state index >= 15 is 0 Å². The van der Waals surface area contributed by atoms with Crippen molar-refractivity contribution in [3.63, 3.8) is 0 Å². The Morgan fingerprint density at radius 3 is 2.89 bits per heavy atom. The smallest absolute Gasteiger partial charge is 0.237 e. The molecular formula is C13H22N4O. The Kier molecular flexibility index (Phi) is 4.36. The summed E-state index contributed by atoms with van der Waals surface area (Å²) in [6.45, 7) is 2.57. The first-order valence-corrected chi connectivity index (χ1v) is 6.67. The molecule has 1 aromatic rings. The zero-order valence-electron chi connectivity index (χ0n) is 11.1. The van der Waals surface area contributed by atoms with Gasteiger partial charge in [0.25, 0.3) is 0 Å². The molecule has 1 saturated carbocycles. The lowest BCUT2D eigenvalue weighted by Gasteiger charge is -2.17. The van der Waals surface area contributed by atoms with Gasteiger partial charge >= 0.3 is 0 Å². The second-order valence-corrected chi connectivity index (χ2v) is 5.04. The fourth-order valence-corrected chi connectivity index (χ4v) is 2.32. The SMILES string of the molecule is CC(NCc1ccnn1C)C(=O)NC1CCCC1. The minimum absolute atomic E-state index is 0.101. The fourth-order valence-electron chi connectivity index (χ4n) is 2.32. The van der Waals surface area contributed by atoms with Crippen LogP contribution in [0.1, 0.15) is 38.3 Å². The molecule has 1 aliphatic rings. The highest BCUT2D eigenvalue weighted by Gasteiger charge is 2.20. The third-order valence-electron chi connectivity index (χ3n) is 3.61.